The first kappa shape index (κ1) is 12.6. The third-order valence-corrected chi connectivity index (χ3v) is 3.63. The minimum Gasteiger partial charge on any atom is -0.499 e. The van der Waals surface area contributed by atoms with Gasteiger partial charge in [-0.2, -0.15) is 0 Å². The quantitative estimate of drug-likeness (QED) is 0.389. The summed E-state index contributed by atoms with van der Waals surface area (Å²) in [4.78, 5) is 0. The molecular formula is C9H18F2OSi. The van der Waals surface area contributed by atoms with Crippen LogP contribution < -0.4 is 0 Å². The molecule has 0 spiro atoms. The average molecular weight is 208 g/mol. The van der Waals surface area contributed by atoms with Crippen molar-refractivity contribution in [3.63, 3.8) is 0 Å². The fourth-order valence-corrected chi connectivity index (χ4v) is 1.31. The Labute approximate surface area is 80.3 Å². The van der Waals surface area contributed by atoms with Crippen LogP contribution >= 0.6 is 0 Å². The summed E-state index contributed by atoms with van der Waals surface area (Å²) in [6.07, 6.45) is 0. The van der Waals surface area contributed by atoms with Gasteiger partial charge in [-0.15, -0.1) is 0 Å². The third-order valence-electron chi connectivity index (χ3n) is 1.77. The van der Waals surface area contributed by atoms with E-state index in [0.29, 0.717) is 0 Å². The van der Waals surface area contributed by atoms with Gasteiger partial charge in [0.1, 0.15) is 0 Å². The first-order valence-corrected chi connectivity index (χ1v) is 6.07. The summed E-state index contributed by atoms with van der Waals surface area (Å²) in [5.41, 5.74) is -1.11. The van der Waals surface area contributed by atoms with Gasteiger partial charge in [-0.05, 0) is 0 Å². The summed E-state index contributed by atoms with van der Waals surface area (Å²) in [5.74, 6) is 0.179. The van der Waals surface area contributed by atoms with Gasteiger partial charge in [0.2, 0.25) is 0 Å². The fraction of sp³-hybridized carbons (Fsp3) is 0.778. The highest BCUT2D eigenvalue weighted by Crippen LogP contribution is 2.33. The minimum absolute atomic E-state index is 0.179. The number of hydrogen-bond acceptors (Lipinski definition) is 1. The van der Waals surface area contributed by atoms with Crippen molar-refractivity contribution < 1.29 is 12.6 Å². The van der Waals surface area contributed by atoms with Gasteiger partial charge in [-0.25, -0.2) is 8.22 Å². The predicted molar refractivity (Wildman–Crippen MR) is 52.7 cm³/mol. The van der Waals surface area contributed by atoms with Gasteiger partial charge in [0.15, 0.2) is 0 Å². The van der Waals surface area contributed by atoms with E-state index in [9.17, 15) is 8.22 Å². The first-order valence-electron chi connectivity index (χ1n) is 4.33. The van der Waals surface area contributed by atoms with E-state index in [0.717, 1.165) is 0 Å². The highest BCUT2D eigenvalue weighted by molar-refractivity contribution is 6.61. The van der Waals surface area contributed by atoms with Crippen molar-refractivity contribution in [1.29, 1.82) is 0 Å². The molecule has 0 rings (SSSR count). The van der Waals surface area contributed by atoms with E-state index in [1.807, 2.05) is 0 Å². The molecule has 0 saturated heterocycles. The first-order chi connectivity index (χ1) is 5.57. The van der Waals surface area contributed by atoms with Gasteiger partial charge in [-0.3, -0.25) is 0 Å². The van der Waals surface area contributed by atoms with Crippen LogP contribution in [0.2, 0.25) is 5.54 Å². The maximum absolute atomic E-state index is 13.2. The SMILES string of the molecule is C=C(O[Si](F)(F)C(C)C)C(C)(C)C. The van der Waals surface area contributed by atoms with E-state index < -0.39 is 19.9 Å². The normalized spacial score (nSPS) is 13.2. The highest BCUT2D eigenvalue weighted by Gasteiger charge is 2.46. The van der Waals surface area contributed by atoms with Crippen LogP contribution in [-0.2, 0) is 4.43 Å². The molecule has 0 N–H and O–H groups in total. The van der Waals surface area contributed by atoms with Crippen molar-refractivity contribution in [2.75, 3.05) is 0 Å². The number of hydrogen-bond donors (Lipinski definition) is 0. The Morgan fingerprint density at radius 1 is 1.31 bits per heavy atom. The summed E-state index contributed by atoms with van der Waals surface area (Å²) in [5, 5.41) is 0. The smallest absolute Gasteiger partial charge is 0.499 e. The zero-order valence-corrected chi connectivity index (χ0v) is 9.95. The molecule has 0 heterocycles. The third kappa shape index (κ3) is 3.89. The molecule has 0 aromatic heterocycles. The Bertz CT molecular complexity index is 194. The molecule has 4 heteroatoms. The van der Waals surface area contributed by atoms with E-state index in [1.54, 1.807) is 20.8 Å². The zero-order valence-electron chi connectivity index (χ0n) is 8.95. The number of allylic oxidation sites excluding steroid dienone is 1. The largest absolute Gasteiger partial charge is 0.646 e. The second-order valence-corrected chi connectivity index (χ2v) is 6.97. The predicted octanol–water partition coefficient (Wildman–Crippen LogP) is 3.85. The summed E-state index contributed by atoms with van der Waals surface area (Å²) in [6, 6.07) is 0. The summed E-state index contributed by atoms with van der Waals surface area (Å²) >= 11 is 0. The minimum atomic E-state index is -4.55. The molecule has 1 nitrogen and oxygen atoms in total. The van der Waals surface area contributed by atoms with Gasteiger partial charge < -0.3 is 4.43 Å². The lowest BCUT2D eigenvalue weighted by Gasteiger charge is -2.27. The zero-order chi connectivity index (χ0) is 10.9. The lowest BCUT2D eigenvalue weighted by molar-refractivity contribution is 0.219. The van der Waals surface area contributed by atoms with E-state index in [-0.39, 0.29) is 5.76 Å². The molecule has 0 aliphatic carbocycles. The van der Waals surface area contributed by atoms with Crippen LogP contribution in [0.4, 0.5) is 8.22 Å². The highest BCUT2D eigenvalue weighted by atomic mass is 28.4. The van der Waals surface area contributed by atoms with Gasteiger partial charge in [0.25, 0.3) is 0 Å². The van der Waals surface area contributed by atoms with Crippen LogP contribution in [0, 0.1) is 5.41 Å². The lowest BCUT2D eigenvalue weighted by Crippen LogP contribution is -2.33. The average Bonchev–Trinajstić information content (AvgIpc) is 1.83. The Morgan fingerprint density at radius 2 is 1.69 bits per heavy atom. The molecule has 0 aromatic rings. The van der Waals surface area contributed by atoms with Crippen LogP contribution in [-0.4, -0.2) is 8.99 Å². The van der Waals surface area contributed by atoms with Crippen LogP contribution in [0.1, 0.15) is 34.6 Å². The van der Waals surface area contributed by atoms with Crippen molar-refractivity contribution in [2.24, 2.45) is 5.41 Å². The second-order valence-electron chi connectivity index (χ2n) is 4.49. The molecule has 0 bridgehead atoms. The van der Waals surface area contributed by atoms with E-state index in [1.165, 1.54) is 13.8 Å². The van der Waals surface area contributed by atoms with Crippen molar-refractivity contribution in [3.8, 4) is 0 Å². The molecule has 0 radical (unpaired) electrons. The molecule has 0 saturated carbocycles. The fourth-order valence-electron chi connectivity index (χ4n) is 0.435. The molecule has 78 valence electrons. The molecule has 0 aliphatic heterocycles. The molecular weight excluding hydrogens is 190 g/mol. The van der Waals surface area contributed by atoms with Gasteiger partial charge in [-0.1, -0.05) is 41.2 Å². The monoisotopic (exact) mass is 208 g/mol. The molecule has 0 unspecified atom stereocenters. The Morgan fingerprint density at radius 3 is 1.92 bits per heavy atom. The van der Waals surface area contributed by atoms with Crippen molar-refractivity contribution >= 4 is 8.99 Å². The van der Waals surface area contributed by atoms with Crippen molar-refractivity contribution in [1.82, 2.24) is 0 Å². The standard InChI is InChI=1S/C9H18F2OSi/c1-7(2)13(10,11)12-8(3)9(4,5)6/h7H,3H2,1-2,4-6H3. The summed E-state index contributed by atoms with van der Waals surface area (Å²) in [6.45, 7) is 11.9. The van der Waals surface area contributed by atoms with Gasteiger partial charge in [0, 0.05) is 11.0 Å². The van der Waals surface area contributed by atoms with Gasteiger partial charge >= 0.3 is 8.99 Å². The van der Waals surface area contributed by atoms with Crippen molar-refractivity contribution in [2.45, 2.75) is 40.2 Å². The Balaban J connectivity index is 4.38. The van der Waals surface area contributed by atoms with E-state index in [2.05, 4.69) is 11.0 Å². The van der Waals surface area contributed by atoms with Crippen LogP contribution in [0.5, 0.6) is 0 Å². The number of rotatable bonds is 3. The van der Waals surface area contributed by atoms with E-state index in [4.69, 9.17) is 0 Å². The van der Waals surface area contributed by atoms with Crippen LogP contribution in [0.25, 0.3) is 0 Å². The van der Waals surface area contributed by atoms with E-state index >= 15 is 0 Å². The Hall–Kier alpha value is -0.383. The lowest BCUT2D eigenvalue weighted by atomic mass is 9.95. The molecule has 0 aromatic carbocycles. The summed E-state index contributed by atoms with van der Waals surface area (Å²) < 4.78 is 31.0. The molecule has 0 atom stereocenters. The van der Waals surface area contributed by atoms with Crippen LogP contribution in [0.3, 0.4) is 0 Å². The molecule has 0 aliphatic rings. The molecule has 13 heavy (non-hydrogen) atoms. The molecule has 0 fully saturated rings. The maximum atomic E-state index is 13.2. The van der Waals surface area contributed by atoms with Crippen molar-refractivity contribution in [3.05, 3.63) is 12.3 Å². The van der Waals surface area contributed by atoms with Crippen LogP contribution in [0.15, 0.2) is 12.3 Å². The number of halogens is 2. The topological polar surface area (TPSA) is 9.23 Å². The van der Waals surface area contributed by atoms with Gasteiger partial charge in [0.05, 0.1) is 5.76 Å². The second kappa shape index (κ2) is 3.78. The maximum Gasteiger partial charge on any atom is 0.646 e. The summed E-state index contributed by atoms with van der Waals surface area (Å²) in [7, 11) is -4.55. The Kier molecular flexibility index (Phi) is 3.67. The molecule has 0 amide bonds.